The highest BCUT2D eigenvalue weighted by Gasteiger charge is 2.43. The van der Waals surface area contributed by atoms with Gasteiger partial charge in [-0.2, -0.15) is 13.2 Å². The lowest BCUT2D eigenvalue weighted by molar-refractivity contribution is -0.385. The number of ether oxygens (including phenoxy) is 1. The van der Waals surface area contributed by atoms with Crippen LogP contribution < -0.4 is 4.74 Å². The second-order valence-electron chi connectivity index (χ2n) is 4.76. The molecule has 0 spiro atoms. The van der Waals surface area contributed by atoms with Crippen LogP contribution >= 0.6 is 0 Å². The first-order valence-corrected chi connectivity index (χ1v) is 6.37. The van der Waals surface area contributed by atoms with Crippen LogP contribution in [0.3, 0.4) is 0 Å². The van der Waals surface area contributed by atoms with Gasteiger partial charge in [0.15, 0.2) is 29.0 Å². The van der Waals surface area contributed by atoms with Crippen molar-refractivity contribution >= 4 is 5.69 Å². The van der Waals surface area contributed by atoms with Crippen molar-refractivity contribution in [1.82, 2.24) is 0 Å². The van der Waals surface area contributed by atoms with Gasteiger partial charge in [0, 0.05) is 17.7 Å². The minimum atomic E-state index is -5.78. The van der Waals surface area contributed by atoms with Crippen LogP contribution in [0.1, 0.15) is 5.56 Å². The molecule has 2 aromatic carbocycles. The van der Waals surface area contributed by atoms with Crippen molar-refractivity contribution < 1.29 is 44.8 Å². The van der Waals surface area contributed by atoms with Crippen molar-refractivity contribution in [2.45, 2.75) is 6.18 Å². The first-order chi connectivity index (χ1) is 11.9. The van der Waals surface area contributed by atoms with Crippen LogP contribution in [0.15, 0.2) is 12.1 Å². The predicted octanol–water partition coefficient (Wildman–Crippen LogP) is 4.98. The summed E-state index contributed by atoms with van der Waals surface area (Å²) in [4.78, 5) is 9.73. The number of halogens is 8. The minimum Gasteiger partial charge on any atom is -0.490 e. The van der Waals surface area contributed by atoms with E-state index in [1.165, 1.54) is 0 Å². The third kappa shape index (κ3) is 3.02. The summed E-state index contributed by atoms with van der Waals surface area (Å²) in [6, 6.07) is 0.474. The van der Waals surface area contributed by atoms with Crippen LogP contribution in [0.25, 0.3) is 11.1 Å². The SMILES string of the molecule is COc1cc(F)c(-c2c(F)c(F)c(C(F)(F)F)c(F)c2F)cc1[N+](=O)[O-]. The summed E-state index contributed by atoms with van der Waals surface area (Å²) in [6.45, 7) is 0. The molecule has 0 bridgehead atoms. The third-order valence-electron chi connectivity index (χ3n) is 3.28. The average molecular weight is 387 g/mol. The van der Waals surface area contributed by atoms with Gasteiger partial charge in [-0.25, -0.2) is 22.0 Å². The van der Waals surface area contributed by atoms with Gasteiger partial charge in [0.2, 0.25) is 0 Å². The fourth-order valence-corrected chi connectivity index (χ4v) is 2.16. The Labute approximate surface area is 138 Å². The van der Waals surface area contributed by atoms with E-state index < -0.39 is 68.3 Å². The number of alkyl halides is 3. The Balaban J connectivity index is 2.91. The molecule has 0 radical (unpaired) electrons. The molecule has 140 valence electrons. The van der Waals surface area contributed by atoms with Crippen molar-refractivity contribution in [3.8, 4) is 16.9 Å². The van der Waals surface area contributed by atoms with E-state index in [9.17, 15) is 45.2 Å². The van der Waals surface area contributed by atoms with Crippen molar-refractivity contribution in [3.05, 3.63) is 56.9 Å². The molecule has 0 aliphatic heterocycles. The molecule has 26 heavy (non-hydrogen) atoms. The van der Waals surface area contributed by atoms with Crippen molar-refractivity contribution in [1.29, 1.82) is 0 Å². The zero-order valence-corrected chi connectivity index (χ0v) is 12.4. The van der Waals surface area contributed by atoms with Crippen molar-refractivity contribution in [2.75, 3.05) is 7.11 Å². The van der Waals surface area contributed by atoms with Gasteiger partial charge in [-0.1, -0.05) is 0 Å². The van der Waals surface area contributed by atoms with Gasteiger partial charge >= 0.3 is 11.9 Å². The maximum absolute atomic E-state index is 14.0. The highest BCUT2D eigenvalue weighted by Crippen LogP contribution is 2.42. The number of nitro groups is 1. The van der Waals surface area contributed by atoms with Crippen LogP contribution in [0.4, 0.5) is 40.8 Å². The first-order valence-electron chi connectivity index (χ1n) is 6.37. The Morgan fingerprint density at radius 2 is 1.46 bits per heavy atom. The Bertz CT molecular complexity index is 881. The monoisotopic (exact) mass is 387 g/mol. The molecule has 0 N–H and O–H groups in total. The zero-order chi connectivity index (χ0) is 20.0. The molecular formula is C14H5F8NO3. The summed E-state index contributed by atoms with van der Waals surface area (Å²) in [5, 5.41) is 10.9. The fourth-order valence-electron chi connectivity index (χ4n) is 2.16. The molecule has 0 saturated heterocycles. The van der Waals surface area contributed by atoms with Gasteiger partial charge in [-0.3, -0.25) is 10.1 Å². The fraction of sp³-hybridized carbons (Fsp3) is 0.143. The lowest BCUT2D eigenvalue weighted by Gasteiger charge is -2.15. The Morgan fingerprint density at radius 3 is 1.85 bits per heavy atom. The van der Waals surface area contributed by atoms with E-state index in [2.05, 4.69) is 4.74 Å². The first kappa shape index (κ1) is 19.4. The lowest BCUT2D eigenvalue weighted by Crippen LogP contribution is -2.16. The van der Waals surface area contributed by atoms with Crippen LogP contribution in [0.5, 0.6) is 5.75 Å². The molecule has 0 aliphatic carbocycles. The van der Waals surface area contributed by atoms with Crippen LogP contribution in [-0.4, -0.2) is 12.0 Å². The van der Waals surface area contributed by atoms with E-state index in [-0.39, 0.29) is 6.07 Å². The minimum absolute atomic E-state index is 0.182. The van der Waals surface area contributed by atoms with Crippen molar-refractivity contribution in [2.24, 2.45) is 0 Å². The standard InChI is InChI=1S/C14H5F8NO3/c1-26-7-3-5(15)4(2-6(7)23(24)25)8-10(16)12(18)9(14(20,21)22)13(19)11(8)17/h2-3H,1H3. The number of hydrogen-bond acceptors (Lipinski definition) is 3. The lowest BCUT2D eigenvalue weighted by atomic mass is 9.99. The van der Waals surface area contributed by atoms with Gasteiger partial charge in [0.05, 0.1) is 17.6 Å². The summed E-state index contributed by atoms with van der Waals surface area (Å²) in [5.41, 5.74) is -7.11. The Morgan fingerprint density at radius 1 is 0.962 bits per heavy atom. The summed E-state index contributed by atoms with van der Waals surface area (Å²) >= 11 is 0. The van der Waals surface area contributed by atoms with E-state index in [4.69, 9.17) is 0 Å². The van der Waals surface area contributed by atoms with Crippen LogP contribution in [0.2, 0.25) is 0 Å². The van der Waals surface area contributed by atoms with Gasteiger partial charge in [-0.05, 0) is 0 Å². The second-order valence-corrected chi connectivity index (χ2v) is 4.76. The largest absolute Gasteiger partial charge is 0.490 e. The zero-order valence-electron chi connectivity index (χ0n) is 12.4. The second kappa shape index (κ2) is 6.42. The topological polar surface area (TPSA) is 52.4 Å². The summed E-state index contributed by atoms with van der Waals surface area (Å²) in [5.74, 6) is -13.1. The Hall–Kier alpha value is -2.92. The molecule has 0 fully saturated rings. The Kier molecular flexibility index (Phi) is 4.79. The van der Waals surface area contributed by atoms with Gasteiger partial charge in [-0.15, -0.1) is 0 Å². The van der Waals surface area contributed by atoms with Gasteiger partial charge in [0.25, 0.3) is 0 Å². The average Bonchev–Trinajstić information content (AvgIpc) is 2.52. The molecule has 0 aliphatic rings. The molecule has 0 heterocycles. The van der Waals surface area contributed by atoms with Crippen molar-refractivity contribution in [3.63, 3.8) is 0 Å². The van der Waals surface area contributed by atoms with Gasteiger partial charge < -0.3 is 4.74 Å². The number of nitro benzene ring substituents is 1. The summed E-state index contributed by atoms with van der Waals surface area (Å²) < 4.78 is 111. The van der Waals surface area contributed by atoms with E-state index in [0.717, 1.165) is 7.11 Å². The van der Waals surface area contributed by atoms with Gasteiger partial charge in [0.1, 0.15) is 11.4 Å². The quantitative estimate of drug-likeness (QED) is 0.323. The molecule has 0 unspecified atom stereocenters. The molecular weight excluding hydrogens is 382 g/mol. The molecule has 0 atom stereocenters. The van der Waals surface area contributed by atoms with E-state index in [1.54, 1.807) is 0 Å². The normalized spacial score (nSPS) is 11.6. The highest BCUT2D eigenvalue weighted by atomic mass is 19.4. The summed E-state index contributed by atoms with van der Waals surface area (Å²) in [7, 11) is 0.903. The molecule has 2 aromatic rings. The smallest absolute Gasteiger partial charge is 0.422 e. The number of methoxy groups -OCH3 is 1. The molecule has 0 amide bonds. The number of nitrogens with zero attached hydrogens (tertiary/aromatic N) is 1. The van der Waals surface area contributed by atoms with Crippen LogP contribution in [-0.2, 0) is 6.18 Å². The molecule has 4 nitrogen and oxygen atoms in total. The molecule has 0 aromatic heterocycles. The number of rotatable bonds is 3. The predicted molar refractivity (Wildman–Crippen MR) is 69.9 cm³/mol. The third-order valence-corrected chi connectivity index (χ3v) is 3.28. The molecule has 12 heteroatoms. The maximum Gasteiger partial charge on any atom is 0.422 e. The molecule has 2 rings (SSSR count). The number of benzene rings is 2. The van der Waals surface area contributed by atoms with E-state index in [1.807, 2.05) is 0 Å². The maximum atomic E-state index is 14.0. The molecule has 0 saturated carbocycles. The number of hydrogen-bond donors (Lipinski definition) is 0. The van der Waals surface area contributed by atoms with E-state index >= 15 is 0 Å². The van der Waals surface area contributed by atoms with E-state index in [0.29, 0.717) is 6.07 Å². The highest BCUT2D eigenvalue weighted by molar-refractivity contribution is 5.71. The van der Waals surface area contributed by atoms with Crippen LogP contribution in [0, 0.1) is 39.2 Å². The summed E-state index contributed by atoms with van der Waals surface area (Å²) in [6.07, 6.45) is -5.78.